The van der Waals surface area contributed by atoms with Crippen molar-refractivity contribution in [1.82, 2.24) is 16.0 Å². The molecule has 0 bridgehead atoms. The van der Waals surface area contributed by atoms with Crippen molar-refractivity contribution in [2.24, 2.45) is 4.99 Å². The third-order valence-corrected chi connectivity index (χ3v) is 3.81. The topological polar surface area (TPSA) is 74.8 Å². The number of amides is 1. The van der Waals surface area contributed by atoms with Gasteiger partial charge in [0.15, 0.2) is 5.96 Å². The fraction of sp³-hybridized carbons (Fsp3) is 0.619. The molecule has 0 aliphatic carbocycles. The summed E-state index contributed by atoms with van der Waals surface area (Å²) in [6.07, 6.45) is 1.10. The van der Waals surface area contributed by atoms with Crippen molar-refractivity contribution in [2.45, 2.75) is 73.1 Å². The minimum absolute atomic E-state index is 0.0655. The Bertz CT molecular complexity index is 636. The van der Waals surface area contributed by atoms with Gasteiger partial charge in [0, 0.05) is 17.6 Å². The second-order valence-electron chi connectivity index (χ2n) is 7.79. The summed E-state index contributed by atoms with van der Waals surface area (Å²) >= 11 is 0. The van der Waals surface area contributed by atoms with Crippen LogP contribution in [0.3, 0.4) is 0 Å². The number of nitrogens with one attached hydrogen (secondary N) is 3. The molecule has 0 spiro atoms. The number of guanidine groups is 1. The van der Waals surface area contributed by atoms with Crippen LogP contribution >= 0.6 is 0 Å². The molecule has 152 valence electrons. The summed E-state index contributed by atoms with van der Waals surface area (Å²) in [7, 11) is 0. The molecule has 0 saturated carbocycles. The molecule has 0 aliphatic rings. The molecule has 0 radical (unpaired) electrons. The first kappa shape index (κ1) is 22.8. The SMILES string of the molecule is CCNC(=NCc1ccc(C)cc1OC(C)CC)NCC(=O)NC(C)(C)C. The molecule has 6 heteroatoms. The van der Waals surface area contributed by atoms with Crippen LogP contribution in [0.1, 0.15) is 59.1 Å². The number of rotatable bonds is 8. The zero-order valence-corrected chi connectivity index (χ0v) is 17.9. The Kier molecular flexibility index (Phi) is 9.12. The first-order valence-corrected chi connectivity index (χ1v) is 9.74. The molecule has 0 saturated heterocycles. The monoisotopic (exact) mass is 376 g/mol. The Morgan fingerprint density at radius 3 is 2.52 bits per heavy atom. The molecule has 1 atom stereocenters. The highest BCUT2D eigenvalue weighted by Gasteiger charge is 2.14. The number of hydrogen-bond donors (Lipinski definition) is 3. The number of hydrogen-bond acceptors (Lipinski definition) is 3. The molecular formula is C21H36N4O2. The first-order valence-electron chi connectivity index (χ1n) is 9.74. The largest absolute Gasteiger partial charge is 0.490 e. The molecule has 27 heavy (non-hydrogen) atoms. The van der Waals surface area contributed by atoms with E-state index in [-0.39, 0.29) is 24.1 Å². The number of aryl methyl sites for hydroxylation is 1. The van der Waals surface area contributed by atoms with Crippen LogP contribution in [0.4, 0.5) is 0 Å². The third-order valence-electron chi connectivity index (χ3n) is 3.81. The molecule has 0 aliphatic heterocycles. The number of carbonyl (C=O) groups is 1. The summed E-state index contributed by atoms with van der Waals surface area (Å²) in [6, 6.07) is 6.16. The summed E-state index contributed by atoms with van der Waals surface area (Å²) < 4.78 is 6.05. The van der Waals surface area contributed by atoms with E-state index in [1.165, 1.54) is 0 Å². The Hall–Kier alpha value is -2.24. The van der Waals surface area contributed by atoms with Gasteiger partial charge in [-0.1, -0.05) is 19.1 Å². The molecule has 1 rings (SSSR count). The predicted octanol–water partition coefficient (Wildman–Crippen LogP) is 3.14. The number of ether oxygens (including phenoxy) is 1. The summed E-state index contributed by atoms with van der Waals surface area (Å²) in [4.78, 5) is 16.6. The maximum absolute atomic E-state index is 12.0. The zero-order valence-electron chi connectivity index (χ0n) is 17.9. The molecule has 1 aromatic rings. The minimum atomic E-state index is -0.252. The molecule has 1 amide bonds. The van der Waals surface area contributed by atoms with E-state index in [2.05, 4.69) is 47.8 Å². The smallest absolute Gasteiger partial charge is 0.239 e. The highest BCUT2D eigenvalue weighted by atomic mass is 16.5. The van der Waals surface area contributed by atoms with Crippen LogP contribution in [0.2, 0.25) is 0 Å². The minimum Gasteiger partial charge on any atom is -0.490 e. The summed E-state index contributed by atoms with van der Waals surface area (Å²) in [5.41, 5.74) is 1.93. The summed E-state index contributed by atoms with van der Waals surface area (Å²) in [5.74, 6) is 1.41. The van der Waals surface area contributed by atoms with Crippen molar-refractivity contribution in [3.63, 3.8) is 0 Å². The Labute approximate surface area is 164 Å². The van der Waals surface area contributed by atoms with Crippen molar-refractivity contribution in [2.75, 3.05) is 13.1 Å². The van der Waals surface area contributed by atoms with Gasteiger partial charge in [-0.2, -0.15) is 0 Å². The summed E-state index contributed by atoms with van der Waals surface area (Å²) in [6.45, 7) is 15.5. The highest BCUT2D eigenvalue weighted by Crippen LogP contribution is 2.23. The quantitative estimate of drug-likeness (QED) is 0.481. The van der Waals surface area contributed by atoms with Gasteiger partial charge in [0.25, 0.3) is 0 Å². The fourth-order valence-corrected chi connectivity index (χ4v) is 2.33. The van der Waals surface area contributed by atoms with E-state index in [0.717, 1.165) is 29.8 Å². The van der Waals surface area contributed by atoms with Gasteiger partial charge in [-0.25, -0.2) is 4.99 Å². The van der Waals surface area contributed by atoms with Gasteiger partial charge in [0.05, 0.1) is 19.2 Å². The van der Waals surface area contributed by atoms with Crippen LogP contribution in [0.15, 0.2) is 23.2 Å². The van der Waals surface area contributed by atoms with Crippen molar-refractivity contribution in [1.29, 1.82) is 0 Å². The number of aliphatic imine (C=N–C) groups is 1. The van der Waals surface area contributed by atoms with Gasteiger partial charge >= 0.3 is 0 Å². The standard InChI is InChI=1S/C21H36N4O2/c1-8-16(4)27-18-12-15(3)10-11-17(18)13-23-20(22-9-2)24-14-19(26)25-21(5,6)7/h10-12,16H,8-9,13-14H2,1-7H3,(H,25,26)(H2,22,23,24). The molecule has 3 N–H and O–H groups in total. The van der Waals surface area contributed by atoms with Gasteiger partial charge < -0.3 is 20.7 Å². The zero-order chi connectivity index (χ0) is 20.4. The fourth-order valence-electron chi connectivity index (χ4n) is 2.33. The molecule has 1 unspecified atom stereocenters. The van der Waals surface area contributed by atoms with Crippen LogP contribution in [-0.4, -0.2) is 36.6 Å². The lowest BCUT2D eigenvalue weighted by Gasteiger charge is -2.21. The lowest BCUT2D eigenvalue weighted by atomic mass is 10.1. The second kappa shape index (κ2) is 10.8. The van der Waals surface area contributed by atoms with Crippen molar-refractivity contribution >= 4 is 11.9 Å². The molecular weight excluding hydrogens is 340 g/mol. The average molecular weight is 377 g/mol. The Morgan fingerprint density at radius 1 is 1.22 bits per heavy atom. The number of carbonyl (C=O) groups excluding carboxylic acids is 1. The van der Waals surface area contributed by atoms with E-state index in [9.17, 15) is 4.79 Å². The van der Waals surface area contributed by atoms with E-state index >= 15 is 0 Å². The van der Waals surface area contributed by atoms with Crippen LogP contribution in [0.5, 0.6) is 5.75 Å². The number of nitrogens with zero attached hydrogens (tertiary/aromatic N) is 1. The average Bonchev–Trinajstić information content (AvgIpc) is 2.57. The van der Waals surface area contributed by atoms with Gasteiger partial charge in [0.2, 0.25) is 5.91 Å². The third kappa shape index (κ3) is 9.31. The van der Waals surface area contributed by atoms with Crippen LogP contribution in [0.25, 0.3) is 0 Å². The second-order valence-corrected chi connectivity index (χ2v) is 7.79. The first-order chi connectivity index (χ1) is 12.6. The Morgan fingerprint density at radius 2 is 1.93 bits per heavy atom. The van der Waals surface area contributed by atoms with E-state index in [0.29, 0.717) is 12.5 Å². The van der Waals surface area contributed by atoms with Crippen molar-refractivity contribution in [3.8, 4) is 5.75 Å². The molecule has 0 fully saturated rings. The van der Waals surface area contributed by atoms with Crippen molar-refractivity contribution in [3.05, 3.63) is 29.3 Å². The number of benzene rings is 1. The van der Waals surface area contributed by atoms with Crippen LogP contribution in [-0.2, 0) is 11.3 Å². The molecule has 6 nitrogen and oxygen atoms in total. The maximum Gasteiger partial charge on any atom is 0.239 e. The van der Waals surface area contributed by atoms with Crippen LogP contribution in [0, 0.1) is 6.92 Å². The maximum atomic E-state index is 12.0. The molecule has 0 heterocycles. The van der Waals surface area contributed by atoms with E-state index in [1.807, 2.05) is 39.8 Å². The van der Waals surface area contributed by atoms with E-state index < -0.39 is 0 Å². The lowest BCUT2D eigenvalue weighted by Crippen LogP contribution is -2.48. The predicted molar refractivity (Wildman–Crippen MR) is 112 cm³/mol. The molecule has 0 aromatic heterocycles. The lowest BCUT2D eigenvalue weighted by molar-refractivity contribution is -0.121. The van der Waals surface area contributed by atoms with Crippen molar-refractivity contribution < 1.29 is 9.53 Å². The van der Waals surface area contributed by atoms with E-state index in [4.69, 9.17) is 4.74 Å². The van der Waals surface area contributed by atoms with E-state index in [1.54, 1.807) is 0 Å². The highest BCUT2D eigenvalue weighted by molar-refractivity contribution is 5.86. The van der Waals surface area contributed by atoms with Gasteiger partial charge in [-0.3, -0.25) is 4.79 Å². The normalized spacial score (nSPS) is 13.1. The summed E-state index contributed by atoms with van der Waals surface area (Å²) in [5, 5.41) is 9.18. The van der Waals surface area contributed by atoms with Gasteiger partial charge in [-0.15, -0.1) is 0 Å². The Balaban J connectivity index is 2.81. The van der Waals surface area contributed by atoms with Gasteiger partial charge in [-0.05, 0) is 59.6 Å². The van der Waals surface area contributed by atoms with Gasteiger partial charge in [0.1, 0.15) is 5.75 Å². The molecule has 1 aromatic carbocycles. The van der Waals surface area contributed by atoms with Crippen LogP contribution < -0.4 is 20.7 Å².